The van der Waals surface area contributed by atoms with E-state index in [1.54, 1.807) is 27.7 Å². The average Bonchev–Trinajstić information content (AvgIpc) is 3.51. The zero-order valence-electron chi connectivity index (χ0n) is 24.3. The van der Waals surface area contributed by atoms with Crippen molar-refractivity contribution in [2.24, 2.45) is 0 Å². The summed E-state index contributed by atoms with van der Waals surface area (Å²) in [6.07, 6.45) is -3.32. The molecule has 1 saturated heterocycles. The number of imidazole rings is 1. The van der Waals surface area contributed by atoms with Gasteiger partial charge in [0.25, 0.3) is 5.91 Å². The number of hydrogen-bond donors (Lipinski definition) is 5. The highest BCUT2D eigenvalue weighted by molar-refractivity contribution is 7.72. The predicted octanol–water partition coefficient (Wildman–Crippen LogP) is 0.856. The molecule has 0 bridgehead atoms. The molecule has 0 unspecified atom stereocenters. The molecule has 0 spiro atoms. The summed E-state index contributed by atoms with van der Waals surface area (Å²) in [6, 6.07) is 0. The number of aliphatic hydroxyl groups excluding tert-OH is 2. The normalized spacial score (nSPS) is 21.0. The summed E-state index contributed by atoms with van der Waals surface area (Å²) in [5.41, 5.74) is 4.58. The average molecular weight is 652 g/mol. The number of nitrogen functional groups attached to an aromatic ring is 1. The van der Waals surface area contributed by atoms with E-state index in [1.165, 1.54) is 17.2 Å². The van der Waals surface area contributed by atoms with Gasteiger partial charge in [0.15, 0.2) is 23.8 Å². The summed E-state index contributed by atoms with van der Waals surface area (Å²) in [7, 11) is -8.39. The van der Waals surface area contributed by atoms with Gasteiger partial charge < -0.3 is 49.4 Å². The van der Waals surface area contributed by atoms with Crippen LogP contribution in [0.3, 0.4) is 0 Å². The first kappa shape index (κ1) is 35.0. The summed E-state index contributed by atoms with van der Waals surface area (Å²) in [6.45, 7) is 5.98. The van der Waals surface area contributed by atoms with E-state index >= 15 is 0 Å². The third-order valence-electron chi connectivity index (χ3n) is 6.16. The van der Waals surface area contributed by atoms with E-state index in [4.69, 9.17) is 28.6 Å². The van der Waals surface area contributed by atoms with Gasteiger partial charge in [-0.2, -0.15) is 0 Å². The highest BCUT2D eigenvalue weighted by Gasteiger charge is 2.52. The Balaban J connectivity index is 1.61. The fraction of sp³-hybridized carbons (Fsp3) is 0.696. The van der Waals surface area contributed by atoms with E-state index in [0.717, 1.165) is 0 Å². The number of anilines is 1. The first-order valence-electron chi connectivity index (χ1n) is 13.7. The minimum Gasteiger partial charge on any atom is -0.387 e. The van der Waals surface area contributed by atoms with Crippen molar-refractivity contribution in [2.75, 3.05) is 38.7 Å². The first-order chi connectivity index (χ1) is 20.5. The van der Waals surface area contributed by atoms with Crippen LogP contribution >= 0.6 is 15.2 Å². The number of rotatable bonds is 17. The first-order valence-corrected chi connectivity index (χ1v) is 17.0. The molecular formula is C23H39N7O11P2. The number of ether oxygens (including phenoxy) is 1. The maximum absolute atomic E-state index is 13.5. The van der Waals surface area contributed by atoms with Gasteiger partial charge in [0, 0.05) is 13.0 Å². The van der Waals surface area contributed by atoms with Crippen molar-refractivity contribution in [1.82, 2.24) is 30.2 Å². The van der Waals surface area contributed by atoms with Crippen LogP contribution in [0.1, 0.15) is 46.8 Å². The number of nitrogens with zero attached hydrogens (tertiary/aromatic N) is 4. The lowest BCUT2D eigenvalue weighted by Crippen LogP contribution is -2.43. The molecule has 1 aliphatic rings. The molecule has 1 aliphatic heterocycles. The molecule has 0 aromatic carbocycles. The van der Waals surface area contributed by atoms with Gasteiger partial charge in [0.2, 0.25) is 11.4 Å². The molecule has 18 nitrogen and oxygen atoms in total. The smallest absolute Gasteiger partial charge is 0.365 e. The van der Waals surface area contributed by atoms with E-state index in [9.17, 15) is 28.9 Å². The van der Waals surface area contributed by atoms with E-state index in [-0.39, 0.29) is 62.8 Å². The molecule has 242 valence electrons. The van der Waals surface area contributed by atoms with Crippen molar-refractivity contribution in [3.05, 3.63) is 12.7 Å². The van der Waals surface area contributed by atoms with Gasteiger partial charge in [-0.1, -0.05) is 0 Å². The van der Waals surface area contributed by atoms with Crippen molar-refractivity contribution in [3.63, 3.8) is 0 Å². The lowest BCUT2D eigenvalue weighted by Gasteiger charge is -2.31. The Morgan fingerprint density at radius 1 is 1.00 bits per heavy atom. The molecule has 0 aliphatic carbocycles. The van der Waals surface area contributed by atoms with Crippen LogP contribution in [-0.2, 0) is 41.6 Å². The fourth-order valence-corrected chi connectivity index (χ4v) is 9.29. The minimum atomic E-state index is -4.20. The Hall–Kier alpha value is -2.53. The molecule has 1 fully saturated rings. The summed E-state index contributed by atoms with van der Waals surface area (Å²) in [5, 5.41) is 26.0. The molecule has 3 rings (SSSR count). The molecule has 2 aromatic heterocycles. The van der Waals surface area contributed by atoms with Gasteiger partial charge in [-0.3, -0.25) is 23.3 Å². The Morgan fingerprint density at radius 2 is 1.58 bits per heavy atom. The SMILES string of the molecule is CCOP(=O)(OCC)C(NC(=O)CCCNC(=O)[C@H]1O[C@@H](n2cnc3c(N)ncnc32)[C@@H](O)[C@H]1O)P(=O)(OCC)OCC. The molecule has 2 aromatic rings. The zero-order valence-corrected chi connectivity index (χ0v) is 26.1. The lowest BCUT2D eigenvalue weighted by atomic mass is 10.1. The Labute approximate surface area is 248 Å². The molecule has 20 heteroatoms. The number of carbonyl (C=O) groups is 2. The monoisotopic (exact) mass is 651 g/mol. The Kier molecular flexibility index (Phi) is 12.6. The van der Waals surface area contributed by atoms with Gasteiger partial charge in [-0.05, 0) is 34.1 Å². The van der Waals surface area contributed by atoms with Crippen LogP contribution in [-0.4, -0.2) is 98.4 Å². The van der Waals surface area contributed by atoms with E-state index in [1.807, 2.05) is 0 Å². The number of aromatic nitrogens is 4. The van der Waals surface area contributed by atoms with Crippen LogP contribution < -0.4 is 16.4 Å². The maximum Gasteiger partial charge on any atom is 0.365 e. The van der Waals surface area contributed by atoms with Crippen molar-refractivity contribution in [3.8, 4) is 0 Å². The van der Waals surface area contributed by atoms with Gasteiger partial charge >= 0.3 is 15.2 Å². The molecule has 0 radical (unpaired) electrons. The number of hydrogen-bond acceptors (Lipinski definition) is 15. The summed E-state index contributed by atoms with van der Waals surface area (Å²) >= 11 is 0. The number of nitrogens with two attached hydrogens (primary N) is 1. The third-order valence-corrected chi connectivity index (χ3v) is 11.8. The minimum absolute atomic E-state index is 0.0365. The summed E-state index contributed by atoms with van der Waals surface area (Å²) in [4.78, 5) is 37.7. The van der Waals surface area contributed by atoms with Crippen molar-refractivity contribution >= 4 is 44.0 Å². The second-order valence-electron chi connectivity index (χ2n) is 9.10. The molecular weight excluding hydrogens is 612 g/mol. The van der Waals surface area contributed by atoms with E-state index in [2.05, 4.69) is 25.6 Å². The fourth-order valence-electron chi connectivity index (χ4n) is 4.35. The van der Waals surface area contributed by atoms with Crippen LogP contribution in [0.2, 0.25) is 0 Å². The molecule has 2 amide bonds. The molecule has 0 saturated carbocycles. The second-order valence-corrected chi connectivity index (χ2v) is 13.7. The number of amides is 2. The van der Waals surface area contributed by atoms with Crippen LogP contribution in [0.25, 0.3) is 11.2 Å². The van der Waals surface area contributed by atoms with E-state index < -0.39 is 57.1 Å². The number of fused-ring (bicyclic) bond motifs is 1. The molecule has 3 heterocycles. The number of nitrogens with one attached hydrogen (secondary N) is 2. The Bertz CT molecular complexity index is 1300. The zero-order chi connectivity index (χ0) is 31.8. The van der Waals surface area contributed by atoms with Crippen molar-refractivity contribution in [1.29, 1.82) is 0 Å². The predicted molar refractivity (Wildman–Crippen MR) is 152 cm³/mol. The Morgan fingerprint density at radius 3 is 2.14 bits per heavy atom. The maximum atomic E-state index is 13.5. The van der Waals surface area contributed by atoms with Crippen LogP contribution in [0, 0.1) is 0 Å². The van der Waals surface area contributed by atoms with Crippen molar-refractivity contribution < 1.29 is 51.8 Å². The standard InChI is InChI=1S/C23H39N7O11P2/c1-5-37-42(35,38-6-2)23(43(36,39-7-3)40-8-4)29-14(31)10-9-11-25-21(34)18-16(32)17(33)22(41-18)30-13-28-15-19(24)26-12-27-20(15)30/h12-13,16-18,22-23,32-33H,5-11H2,1-4H3,(H,25,34)(H,29,31)(H2,24,26,27)/t16-,17+,18+,22-/m1/s1. The van der Waals surface area contributed by atoms with Crippen LogP contribution in [0.15, 0.2) is 12.7 Å². The van der Waals surface area contributed by atoms with E-state index in [0.29, 0.717) is 0 Å². The largest absolute Gasteiger partial charge is 0.387 e. The number of aliphatic hydroxyl groups is 2. The summed E-state index contributed by atoms with van der Waals surface area (Å²) < 4.78 is 55.4. The topological polar surface area (TPSA) is 249 Å². The van der Waals surface area contributed by atoms with Crippen molar-refractivity contribution in [2.45, 2.75) is 70.6 Å². The highest BCUT2D eigenvalue weighted by atomic mass is 31.2. The molecule has 4 atom stereocenters. The third kappa shape index (κ3) is 7.95. The highest BCUT2D eigenvalue weighted by Crippen LogP contribution is 2.69. The van der Waals surface area contributed by atoms with Gasteiger partial charge in [-0.25, -0.2) is 15.0 Å². The van der Waals surface area contributed by atoms with Gasteiger partial charge in [0.05, 0.1) is 32.8 Å². The molecule has 43 heavy (non-hydrogen) atoms. The quantitative estimate of drug-likeness (QED) is 0.117. The van der Waals surface area contributed by atoms with Crippen LogP contribution in [0.4, 0.5) is 5.82 Å². The second kappa shape index (κ2) is 15.5. The lowest BCUT2D eigenvalue weighted by molar-refractivity contribution is -0.137. The van der Waals surface area contributed by atoms with Gasteiger partial charge in [-0.15, -0.1) is 0 Å². The summed E-state index contributed by atoms with van der Waals surface area (Å²) in [5.74, 6) is -1.31. The molecule has 6 N–H and O–H groups in total. The van der Waals surface area contributed by atoms with Gasteiger partial charge in [0.1, 0.15) is 24.1 Å². The van der Waals surface area contributed by atoms with Crippen LogP contribution in [0.5, 0.6) is 0 Å². The number of carbonyl (C=O) groups excluding carboxylic acids is 2.